The fourth-order valence-electron chi connectivity index (χ4n) is 1.70. The fraction of sp³-hybridized carbons (Fsp3) is 0.545. The summed E-state index contributed by atoms with van der Waals surface area (Å²) in [5.41, 5.74) is 6.71. The Balaban J connectivity index is 1.80. The van der Waals surface area contributed by atoms with Crippen LogP contribution in [0.1, 0.15) is 18.4 Å². The van der Waals surface area contributed by atoms with Crippen molar-refractivity contribution in [1.82, 2.24) is 5.32 Å². The first-order chi connectivity index (χ1) is 7.29. The summed E-state index contributed by atoms with van der Waals surface area (Å²) in [5.74, 6) is 0.720. The van der Waals surface area contributed by atoms with Crippen LogP contribution in [0.5, 0.6) is 0 Å². The molecule has 1 fully saturated rings. The van der Waals surface area contributed by atoms with Crippen molar-refractivity contribution in [2.45, 2.75) is 25.3 Å². The molecule has 1 aliphatic carbocycles. The van der Waals surface area contributed by atoms with Crippen molar-refractivity contribution in [2.24, 2.45) is 11.7 Å². The van der Waals surface area contributed by atoms with Crippen LogP contribution in [-0.4, -0.2) is 18.5 Å². The molecule has 0 spiro atoms. The summed E-state index contributed by atoms with van der Waals surface area (Å²) in [4.78, 5) is 11.6. The Hall–Kier alpha value is -0.870. The normalized spacial score (nSPS) is 17.4. The van der Waals surface area contributed by atoms with Gasteiger partial charge >= 0.3 is 0 Å². The minimum Gasteiger partial charge on any atom is -0.352 e. The Bertz CT molecular complexity index is 319. The molecular formula is C11H16N2OS. The zero-order valence-corrected chi connectivity index (χ0v) is 9.43. The Labute approximate surface area is 93.7 Å². The van der Waals surface area contributed by atoms with Gasteiger partial charge in [-0.15, -0.1) is 0 Å². The first kappa shape index (κ1) is 10.6. The highest BCUT2D eigenvalue weighted by Crippen LogP contribution is 2.32. The summed E-state index contributed by atoms with van der Waals surface area (Å²) in [5, 5.41) is 7.01. The summed E-state index contributed by atoms with van der Waals surface area (Å²) in [7, 11) is 0. The van der Waals surface area contributed by atoms with Crippen LogP contribution in [0.25, 0.3) is 0 Å². The maximum Gasteiger partial charge on any atom is 0.224 e. The third-order valence-electron chi connectivity index (χ3n) is 2.74. The summed E-state index contributed by atoms with van der Waals surface area (Å²) < 4.78 is 0. The first-order valence-corrected chi connectivity index (χ1v) is 6.24. The van der Waals surface area contributed by atoms with Gasteiger partial charge in [0.1, 0.15) is 0 Å². The lowest BCUT2D eigenvalue weighted by atomic mass is 10.1. The number of hydrogen-bond acceptors (Lipinski definition) is 3. The van der Waals surface area contributed by atoms with Gasteiger partial charge in [-0.05, 0) is 41.1 Å². The number of nitrogens with one attached hydrogen (secondary N) is 1. The van der Waals surface area contributed by atoms with Gasteiger partial charge in [-0.3, -0.25) is 4.79 Å². The predicted molar refractivity (Wildman–Crippen MR) is 61.7 cm³/mol. The highest BCUT2D eigenvalue weighted by molar-refractivity contribution is 7.07. The molecule has 1 unspecified atom stereocenters. The number of thiophene rings is 1. The second-order valence-electron chi connectivity index (χ2n) is 4.06. The van der Waals surface area contributed by atoms with Gasteiger partial charge in [0.2, 0.25) is 5.91 Å². The molecule has 1 amide bonds. The number of rotatable bonds is 5. The monoisotopic (exact) mass is 224 g/mol. The van der Waals surface area contributed by atoms with Crippen LogP contribution in [0.4, 0.5) is 0 Å². The van der Waals surface area contributed by atoms with Crippen molar-refractivity contribution in [1.29, 1.82) is 0 Å². The molecule has 0 saturated heterocycles. The van der Waals surface area contributed by atoms with Crippen LogP contribution >= 0.6 is 11.3 Å². The average Bonchev–Trinajstić information content (AvgIpc) is 2.95. The van der Waals surface area contributed by atoms with Crippen LogP contribution in [0.15, 0.2) is 16.8 Å². The van der Waals surface area contributed by atoms with Gasteiger partial charge < -0.3 is 11.1 Å². The molecule has 15 heavy (non-hydrogen) atoms. The lowest BCUT2D eigenvalue weighted by molar-refractivity contribution is -0.121. The maximum atomic E-state index is 11.6. The number of amides is 1. The van der Waals surface area contributed by atoms with Gasteiger partial charge in [0.15, 0.2) is 0 Å². The Kier molecular flexibility index (Phi) is 3.38. The molecule has 1 aliphatic rings. The first-order valence-electron chi connectivity index (χ1n) is 5.30. The molecule has 4 heteroatoms. The van der Waals surface area contributed by atoms with Crippen molar-refractivity contribution < 1.29 is 4.79 Å². The van der Waals surface area contributed by atoms with Crippen molar-refractivity contribution in [3.8, 4) is 0 Å². The third-order valence-corrected chi connectivity index (χ3v) is 3.47. The molecule has 0 aliphatic heterocycles. The van der Waals surface area contributed by atoms with Gasteiger partial charge in [-0.25, -0.2) is 0 Å². The molecule has 82 valence electrons. The molecule has 1 atom stereocenters. The number of carbonyl (C=O) groups is 1. The second kappa shape index (κ2) is 4.77. The zero-order valence-electron chi connectivity index (χ0n) is 8.61. The molecule has 1 saturated carbocycles. The average molecular weight is 224 g/mol. The summed E-state index contributed by atoms with van der Waals surface area (Å²) >= 11 is 1.62. The van der Waals surface area contributed by atoms with E-state index in [1.165, 1.54) is 12.8 Å². The quantitative estimate of drug-likeness (QED) is 0.788. The van der Waals surface area contributed by atoms with Crippen LogP contribution in [0.3, 0.4) is 0 Å². The summed E-state index contributed by atoms with van der Waals surface area (Å²) in [6, 6.07) is 2.18. The van der Waals surface area contributed by atoms with E-state index in [2.05, 4.69) is 5.32 Å². The van der Waals surface area contributed by atoms with E-state index in [9.17, 15) is 4.79 Å². The smallest absolute Gasteiger partial charge is 0.224 e. The molecule has 2 rings (SSSR count). The maximum absolute atomic E-state index is 11.6. The van der Waals surface area contributed by atoms with Crippen LogP contribution in [0, 0.1) is 5.92 Å². The Morgan fingerprint density at radius 2 is 2.47 bits per heavy atom. The third kappa shape index (κ3) is 3.04. The van der Waals surface area contributed by atoms with E-state index in [1.54, 1.807) is 11.3 Å². The second-order valence-corrected chi connectivity index (χ2v) is 4.84. The largest absolute Gasteiger partial charge is 0.352 e. The molecular weight excluding hydrogens is 208 g/mol. The molecule has 3 nitrogen and oxygen atoms in total. The summed E-state index contributed by atoms with van der Waals surface area (Å²) in [6.45, 7) is 0.556. The standard InChI is InChI=1S/C11H16N2OS/c12-6-10(9-1-2-9)13-11(14)5-8-3-4-15-7-8/h3-4,7,9-10H,1-2,5-6,12H2,(H,13,14). The SMILES string of the molecule is NCC(NC(=O)Cc1ccsc1)C1CC1. The van der Waals surface area contributed by atoms with Crippen LogP contribution < -0.4 is 11.1 Å². The topological polar surface area (TPSA) is 55.1 Å². The number of carbonyl (C=O) groups excluding carboxylic acids is 1. The Morgan fingerprint density at radius 1 is 1.67 bits per heavy atom. The lowest BCUT2D eigenvalue weighted by Gasteiger charge is -2.15. The lowest BCUT2D eigenvalue weighted by Crippen LogP contribution is -2.42. The molecule has 0 bridgehead atoms. The molecule has 1 aromatic heterocycles. The molecule has 1 heterocycles. The summed E-state index contributed by atoms with van der Waals surface area (Å²) in [6.07, 6.45) is 2.90. The predicted octanol–water partition coefficient (Wildman–Crippen LogP) is 1.14. The van der Waals surface area contributed by atoms with Crippen molar-refractivity contribution in [3.05, 3.63) is 22.4 Å². The molecule has 0 radical (unpaired) electrons. The zero-order chi connectivity index (χ0) is 10.7. The van der Waals surface area contributed by atoms with E-state index in [1.807, 2.05) is 16.8 Å². The highest BCUT2D eigenvalue weighted by Gasteiger charge is 2.31. The van der Waals surface area contributed by atoms with Gasteiger partial charge in [0.05, 0.1) is 6.42 Å². The van der Waals surface area contributed by atoms with Gasteiger partial charge in [0.25, 0.3) is 0 Å². The van der Waals surface area contributed by atoms with E-state index < -0.39 is 0 Å². The number of nitrogens with two attached hydrogens (primary N) is 1. The molecule has 0 aromatic carbocycles. The molecule has 3 N–H and O–H groups in total. The number of hydrogen-bond donors (Lipinski definition) is 2. The van der Waals surface area contributed by atoms with E-state index in [4.69, 9.17) is 5.73 Å². The Morgan fingerprint density at radius 3 is 3.00 bits per heavy atom. The fourth-order valence-corrected chi connectivity index (χ4v) is 2.37. The van der Waals surface area contributed by atoms with E-state index in [0.717, 1.165) is 5.56 Å². The van der Waals surface area contributed by atoms with Crippen molar-refractivity contribution in [2.75, 3.05) is 6.54 Å². The van der Waals surface area contributed by atoms with Crippen molar-refractivity contribution in [3.63, 3.8) is 0 Å². The minimum atomic E-state index is 0.0933. The molecule has 1 aromatic rings. The van der Waals surface area contributed by atoms with Gasteiger partial charge in [-0.2, -0.15) is 11.3 Å². The van der Waals surface area contributed by atoms with Crippen molar-refractivity contribution >= 4 is 17.2 Å². The van der Waals surface area contributed by atoms with Crippen LogP contribution in [-0.2, 0) is 11.2 Å². The van der Waals surface area contributed by atoms with E-state index in [0.29, 0.717) is 18.9 Å². The van der Waals surface area contributed by atoms with E-state index >= 15 is 0 Å². The van der Waals surface area contributed by atoms with Gasteiger partial charge in [0, 0.05) is 12.6 Å². The minimum absolute atomic E-state index is 0.0933. The van der Waals surface area contributed by atoms with Gasteiger partial charge in [-0.1, -0.05) is 0 Å². The highest BCUT2D eigenvalue weighted by atomic mass is 32.1. The van der Waals surface area contributed by atoms with E-state index in [-0.39, 0.29) is 11.9 Å². The van der Waals surface area contributed by atoms with Crippen LogP contribution in [0.2, 0.25) is 0 Å².